The highest BCUT2D eigenvalue weighted by Gasteiger charge is 2.08. The van der Waals surface area contributed by atoms with E-state index in [1.54, 1.807) is 35.6 Å². The second-order valence-electron chi connectivity index (χ2n) is 5.44. The summed E-state index contributed by atoms with van der Waals surface area (Å²) in [7, 11) is -3.16. The van der Waals surface area contributed by atoms with Gasteiger partial charge < -0.3 is 0 Å². The Morgan fingerprint density at radius 1 is 1.00 bits per heavy atom. The first-order valence-corrected chi connectivity index (χ1v) is 10.1. The summed E-state index contributed by atoms with van der Waals surface area (Å²) in [6.07, 6.45) is 3.09. The van der Waals surface area contributed by atoms with Gasteiger partial charge in [-0.2, -0.15) is 11.3 Å². The molecule has 3 aromatic rings. The van der Waals surface area contributed by atoms with Crippen molar-refractivity contribution in [3.05, 3.63) is 70.5 Å². The first-order valence-electron chi connectivity index (χ1n) is 7.30. The minimum absolute atomic E-state index is 0.329. The maximum absolute atomic E-state index is 11.5. The molecule has 0 saturated carbocycles. The lowest BCUT2D eigenvalue weighted by Crippen LogP contribution is -1.97. The van der Waals surface area contributed by atoms with E-state index in [0.29, 0.717) is 4.90 Å². The van der Waals surface area contributed by atoms with Crippen molar-refractivity contribution in [3.63, 3.8) is 0 Å². The van der Waals surface area contributed by atoms with E-state index >= 15 is 0 Å². The van der Waals surface area contributed by atoms with Crippen molar-refractivity contribution in [1.29, 1.82) is 0 Å². The van der Waals surface area contributed by atoms with Crippen molar-refractivity contribution in [2.75, 3.05) is 6.26 Å². The summed E-state index contributed by atoms with van der Waals surface area (Å²) < 4.78 is 23.0. The molecule has 2 aromatic heterocycles. The summed E-state index contributed by atoms with van der Waals surface area (Å²) in [5.74, 6) is 0. The van der Waals surface area contributed by atoms with Gasteiger partial charge >= 0.3 is 0 Å². The van der Waals surface area contributed by atoms with Crippen molar-refractivity contribution in [3.8, 4) is 11.3 Å². The minimum Gasteiger partial charge on any atom is -0.253 e. The van der Waals surface area contributed by atoms with Crippen molar-refractivity contribution >= 4 is 21.2 Å². The molecule has 0 aliphatic rings. The number of hydrogen-bond acceptors (Lipinski definition) is 4. The molecule has 3 rings (SSSR count). The fourth-order valence-electron chi connectivity index (χ4n) is 2.36. The molecule has 0 unspecified atom stereocenters. The first-order chi connectivity index (χ1) is 11.0. The van der Waals surface area contributed by atoms with Gasteiger partial charge in [-0.3, -0.25) is 4.98 Å². The highest BCUT2D eigenvalue weighted by atomic mass is 32.2. The zero-order valence-corrected chi connectivity index (χ0v) is 14.4. The van der Waals surface area contributed by atoms with E-state index in [1.165, 1.54) is 11.8 Å². The summed E-state index contributed by atoms with van der Waals surface area (Å²) in [6, 6.07) is 15.0. The van der Waals surface area contributed by atoms with Crippen molar-refractivity contribution in [2.45, 2.75) is 17.7 Å². The van der Waals surface area contributed by atoms with E-state index in [1.807, 2.05) is 18.2 Å². The molecule has 2 heterocycles. The molecular formula is C18H17NO2S2. The van der Waals surface area contributed by atoms with Crippen LogP contribution < -0.4 is 0 Å². The monoisotopic (exact) mass is 343 g/mol. The molecular weight excluding hydrogens is 326 g/mol. The summed E-state index contributed by atoms with van der Waals surface area (Å²) >= 11 is 1.71. The lowest BCUT2D eigenvalue weighted by Gasteiger charge is -2.05. The molecule has 0 N–H and O–H groups in total. The molecule has 0 spiro atoms. The van der Waals surface area contributed by atoms with E-state index in [2.05, 4.69) is 21.8 Å². The third kappa shape index (κ3) is 4.06. The second-order valence-corrected chi connectivity index (χ2v) is 8.24. The highest BCUT2D eigenvalue weighted by Crippen LogP contribution is 2.20. The summed E-state index contributed by atoms with van der Waals surface area (Å²) in [5, 5.41) is 4.25. The highest BCUT2D eigenvalue weighted by molar-refractivity contribution is 7.90. The van der Waals surface area contributed by atoms with Crippen LogP contribution in [0.4, 0.5) is 0 Å². The number of hydrogen-bond donors (Lipinski definition) is 0. The normalized spacial score (nSPS) is 11.5. The number of benzene rings is 1. The van der Waals surface area contributed by atoms with Gasteiger partial charge in [-0.25, -0.2) is 8.42 Å². The van der Waals surface area contributed by atoms with Gasteiger partial charge in [0.15, 0.2) is 9.84 Å². The van der Waals surface area contributed by atoms with Gasteiger partial charge in [-0.15, -0.1) is 0 Å². The Morgan fingerprint density at radius 3 is 2.43 bits per heavy atom. The zero-order chi connectivity index (χ0) is 16.3. The number of rotatable bonds is 5. The Bertz CT molecular complexity index is 883. The average molecular weight is 343 g/mol. The van der Waals surface area contributed by atoms with E-state index in [9.17, 15) is 8.42 Å². The maximum atomic E-state index is 11.5. The van der Waals surface area contributed by atoms with Crippen LogP contribution in [0.3, 0.4) is 0 Å². The van der Waals surface area contributed by atoms with Gasteiger partial charge in [0.05, 0.1) is 10.6 Å². The lowest BCUT2D eigenvalue weighted by atomic mass is 10.1. The lowest BCUT2D eigenvalue weighted by molar-refractivity contribution is 0.602. The number of aromatic nitrogens is 1. The van der Waals surface area contributed by atoms with Gasteiger partial charge in [-0.1, -0.05) is 18.2 Å². The number of pyridine rings is 1. The molecule has 0 atom stereocenters. The quantitative estimate of drug-likeness (QED) is 0.703. The van der Waals surface area contributed by atoms with Crippen LogP contribution in [0.25, 0.3) is 11.3 Å². The zero-order valence-electron chi connectivity index (χ0n) is 12.8. The van der Waals surface area contributed by atoms with Gasteiger partial charge in [-0.05, 0) is 59.5 Å². The van der Waals surface area contributed by atoms with Crippen LogP contribution in [0.15, 0.2) is 64.2 Å². The summed E-state index contributed by atoms with van der Waals surface area (Å²) in [4.78, 5) is 5.02. The second kappa shape index (κ2) is 6.64. The molecule has 118 valence electrons. The number of nitrogens with zero attached hydrogens (tertiary/aromatic N) is 1. The molecule has 0 radical (unpaired) electrons. The summed E-state index contributed by atoms with van der Waals surface area (Å²) in [5.41, 5.74) is 4.17. The molecule has 23 heavy (non-hydrogen) atoms. The molecule has 3 nitrogen and oxygen atoms in total. The smallest absolute Gasteiger partial charge is 0.175 e. The molecule has 1 aromatic carbocycles. The Labute approximate surface area is 140 Å². The number of aryl methyl sites for hydroxylation is 2. The van der Waals surface area contributed by atoms with Crippen LogP contribution in [-0.2, 0) is 22.7 Å². The third-order valence-corrected chi connectivity index (χ3v) is 5.50. The largest absolute Gasteiger partial charge is 0.253 e. The molecule has 0 fully saturated rings. The standard InChI is InChI=1S/C18H17NO2S2/c1-23(20,21)17-9-6-15(7-10-17)18-4-2-3-16(19-18)8-5-14-11-12-22-13-14/h2-4,6-7,9-13H,5,8H2,1H3. The van der Waals surface area contributed by atoms with E-state index in [-0.39, 0.29) is 0 Å². The van der Waals surface area contributed by atoms with Gasteiger partial charge in [0.1, 0.15) is 0 Å². The van der Waals surface area contributed by atoms with Crippen LogP contribution in [-0.4, -0.2) is 19.7 Å². The Morgan fingerprint density at radius 2 is 1.78 bits per heavy atom. The first kappa shape index (κ1) is 15.9. The summed E-state index contributed by atoms with van der Waals surface area (Å²) in [6.45, 7) is 0. The van der Waals surface area contributed by atoms with Crippen LogP contribution >= 0.6 is 11.3 Å². The van der Waals surface area contributed by atoms with Crippen LogP contribution in [0, 0.1) is 0 Å². The van der Waals surface area contributed by atoms with Crippen LogP contribution in [0.1, 0.15) is 11.3 Å². The fraction of sp³-hybridized carbons (Fsp3) is 0.167. The SMILES string of the molecule is CS(=O)(=O)c1ccc(-c2cccc(CCc3ccsc3)n2)cc1. The van der Waals surface area contributed by atoms with Gasteiger partial charge in [0, 0.05) is 17.5 Å². The van der Waals surface area contributed by atoms with Gasteiger partial charge in [0.2, 0.25) is 0 Å². The number of thiophene rings is 1. The molecule has 0 saturated heterocycles. The maximum Gasteiger partial charge on any atom is 0.175 e. The van der Waals surface area contributed by atoms with E-state index < -0.39 is 9.84 Å². The molecule has 0 amide bonds. The predicted octanol–water partition coefficient (Wildman–Crippen LogP) is 4.00. The van der Waals surface area contributed by atoms with Crippen molar-refractivity contribution in [1.82, 2.24) is 4.98 Å². The molecule has 0 bridgehead atoms. The topological polar surface area (TPSA) is 47.0 Å². The average Bonchev–Trinajstić information content (AvgIpc) is 3.06. The van der Waals surface area contributed by atoms with Crippen LogP contribution in [0.2, 0.25) is 0 Å². The number of sulfone groups is 1. The fourth-order valence-corrected chi connectivity index (χ4v) is 3.69. The predicted molar refractivity (Wildman–Crippen MR) is 94.5 cm³/mol. The molecule has 0 aliphatic heterocycles. The third-order valence-electron chi connectivity index (χ3n) is 3.63. The van der Waals surface area contributed by atoms with Crippen LogP contribution in [0.5, 0.6) is 0 Å². The van der Waals surface area contributed by atoms with E-state index in [0.717, 1.165) is 29.8 Å². The van der Waals surface area contributed by atoms with Gasteiger partial charge in [0.25, 0.3) is 0 Å². The Balaban J connectivity index is 1.79. The molecule has 5 heteroatoms. The van der Waals surface area contributed by atoms with Crippen molar-refractivity contribution < 1.29 is 8.42 Å². The molecule has 0 aliphatic carbocycles. The Kier molecular flexibility index (Phi) is 4.59. The van der Waals surface area contributed by atoms with E-state index in [4.69, 9.17) is 0 Å². The Hall–Kier alpha value is -1.98. The minimum atomic E-state index is -3.16. The van der Waals surface area contributed by atoms with Crippen molar-refractivity contribution in [2.24, 2.45) is 0 Å².